The third-order valence-corrected chi connectivity index (χ3v) is 2.61. The van der Waals surface area contributed by atoms with Crippen LogP contribution in [0.4, 0.5) is 8.78 Å². The zero-order chi connectivity index (χ0) is 13.9. The van der Waals surface area contributed by atoms with Crippen LogP contribution >= 0.6 is 0 Å². The summed E-state index contributed by atoms with van der Waals surface area (Å²) in [6.45, 7) is 1.24. The molecule has 0 spiro atoms. The number of hydrogen-bond acceptors (Lipinski definition) is 4. The predicted octanol–water partition coefficient (Wildman–Crippen LogP) is 0.911. The number of ketones is 1. The molecule has 0 aliphatic rings. The summed E-state index contributed by atoms with van der Waals surface area (Å²) >= 11 is 0. The Morgan fingerprint density at radius 3 is 2.44 bits per heavy atom. The number of aliphatic hydroxyl groups excluding tert-OH is 2. The molecule has 0 aliphatic carbocycles. The summed E-state index contributed by atoms with van der Waals surface area (Å²) in [4.78, 5) is 11.1. The van der Waals surface area contributed by atoms with Crippen molar-refractivity contribution in [2.75, 3.05) is 6.54 Å². The molecular weight excluding hydrogens is 244 g/mol. The Labute approximate surface area is 103 Å². The number of aliphatic hydroxyl groups is 2. The highest BCUT2D eigenvalue weighted by Crippen LogP contribution is 2.25. The summed E-state index contributed by atoms with van der Waals surface area (Å²) in [5, 5.41) is 19.2. The first-order valence-electron chi connectivity index (χ1n) is 5.44. The standard InChI is InChI=1S/C12H15F2NO3/c1-6(16)7-4-8(10(14)5-9(7)13)12(18)11(17)2-3-15/h4-5,11-12,17-18H,2-3,15H2,1H3. The van der Waals surface area contributed by atoms with Crippen LogP contribution < -0.4 is 5.73 Å². The van der Waals surface area contributed by atoms with E-state index in [4.69, 9.17) is 5.73 Å². The molecule has 100 valence electrons. The molecule has 2 unspecified atom stereocenters. The van der Waals surface area contributed by atoms with Gasteiger partial charge in [-0.15, -0.1) is 0 Å². The third kappa shape index (κ3) is 3.10. The molecule has 0 saturated heterocycles. The summed E-state index contributed by atoms with van der Waals surface area (Å²) in [5.74, 6) is -2.60. The van der Waals surface area contributed by atoms with Gasteiger partial charge in [0.2, 0.25) is 0 Å². The Bertz CT molecular complexity index is 451. The number of rotatable bonds is 5. The van der Waals surface area contributed by atoms with Gasteiger partial charge in [-0.05, 0) is 26.0 Å². The average Bonchev–Trinajstić information content (AvgIpc) is 2.28. The molecule has 4 nitrogen and oxygen atoms in total. The first-order chi connectivity index (χ1) is 8.38. The molecule has 0 saturated carbocycles. The lowest BCUT2D eigenvalue weighted by molar-refractivity contribution is 0.0129. The third-order valence-electron chi connectivity index (χ3n) is 2.61. The van der Waals surface area contributed by atoms with Crippen molar-refractivity contribution in [1.29, 1.82) is 0 Å². The Hall–Kier alpha value is -1.37. The Morgan fingerprint density at radius 1 is 1.33 bits per heavy atom. The minimum atomic E-state index is -1.55. The molecule has 6 heteroatoms. The van der Waals surface area contributed by atoms with E-state index < -0.39 is 29.6 Å². The Balaban J connectivity index is 3.15. The normalized spacial score (nSPS) is 14.3. The minimum absolute atomic E-state index is 0.0629. The summed E-state index contributed by atoms with van der Waals surface area (Å²) in [6, 6.07) is 1.43. The number of Topliss-reactive ketones (excluding diaryl/α,β-unsaturated/α-hetero) is 1. The number of carbonyl (C=O) groups excluding carboxylic acids is 1. The van der Waals surface area contributed by atoms with Gasteiger partial charge >= 0.3 is 0 Å². The van der Waals surface area contributed by atoms with E-state index in [2.05, 4.69) is 0 Å². The smallest absolute Gasteiger partial charge is 0.162 e. The highest BCUT2D eigenvalue weighted by Gasteiger charge is 2.23. The zero-order valence-electron chi connectivity index (χ0n) is 9.86. The van der Waals surface area contributed by atoms with Crippen molar-refractivity contribution >= 4 is 5.78 Å². The molecule has 0 heterocycles. The summed E-state index contributed by atoms with van der Waals surface area (Å²) in [7, 11) is 0. The van der Waals surface area contributed by atoms with Crippen LogP contribution in [-0.4, -0.2) is 28.6 Å². The van der Waals surface area contributed by atoms with Crippen LogP contribution in [0.2, 0.25) is 0 Å². The van der Waals surface area contributed by atoms with Gasteiger partial charge in [0.15, 0.2) is 5.78 Å². The molecule has 1 aromatic carbocycles. The summed E-state index contributed by atoms with van der Waals surface area (Å²) in [6.07, 6.45) is -2.75. The zero-order valence-corrected chi connectivity index (χ0v) is 9.86. The summed E-state index contributed by atoms with van der Waals surface area (Å²) in [5.41, 5.74) is 4.56. The van der Waals surface area contributed by atoms with E-state index in [0.717, 1.165) is 13.0 Å². The van der Waals surface area contributed by atoms with Crippen molar-refractivity contribution < 1.29 is 23.8 Å². The fourth-order valence-electron chi connectivity index (χ4n) is 1.60. The first-order valence-corrected chi connectivity index (χ1v) is 5.44. The highest BCUT2D eigenvalue weighted by molar-refractivity contribution is 5.94. The Kier molecular flexibility index (Phi) is 4.89. The van der Waals surface area contributed by atoms with E-state index in [-0.39, 0.29) is 24.1 Å². The van der Waals surface area contributed by atoms with Gasteiger partial charge in [-0.3, -0.25) is 4.79 Å². The lowest BCUT2D eigenvalue weighted by atomic mass is 9.98. The highest BCUT2D eigenvalue weighted by atomic mass is 19.1. The maximum atomic E-state index is 13.5. The van der Waals surface area contributed by atoms with Crippen molar-refractivity contribution in [2.45, 2.75) is 25.6 Å². The average molecular weight is 259 g/mol. The largest absolute Gasteiger partial charge is 0.390 e. The van der Waals surface area contributed by atoms with Crippen molar-refractivity contribution in [1.82, 2.24) is 0 Å². The topological polar surface area (TPSA) is 83.5 Å². The van der Waals surface area contributed by atoms with Crippen molar-refractivity contribution in [3.8, 4) is 0 Å². The molecule has 18 heavy (non-hydrogen) atoms. The second kappa shape index (κ2) is 5.99. The second-order valence-corrected chi connectivity index (χ2v) is 4.00. The van der Waals surface area contributed by atoms with Crippen LogP contribution in [0.25, 0.3) is 0 Å². The van der Waals surface area contributed by atoms with Gasteiger partial charge in [0.05, 0.1) is 11.7 Å². The van der Waals surface area contributed by atoms with Gasteiger partial charge in [-0.1, -0.05) is 0 Å². The monoisotopic (exact) mass is 259 g/mol. The maximum Gasteiger partial charge on any atom is 0.162 e. The maximum absolute atomic E-state index is 13.5. The van der Waals surface area contributed by atoms with Crippen molar-refractivity contribution in [3.05, 3.63) is 34.9 Å². The lowest BCUT2D eigenvalue weighted by Crippen LogP contribution is -2.23. The molecule has 0 fully saturated rings. The molecule has 1 aromatic rings. The van der Waals surface area contributed by atoms with Gasteiger partial charge in [0.25, 0.3) is 0 Å². The molecule has 2 atom stereocenters. The fourth-order valence-corrected chi connectivity index (χ4v) is 1.60. The van der Waals surface area contributed by atoms with Gasteiger partial charge in [-0.25, -0.2) is 8.78 Å². The van der Waals surface area contributed by atoms with Crippen molar-refractivity contribution in [3.63, 3.8) is 0 Å². The van der Waals surface area contributed by atoms with Crippen LogP contribution in [0.5, 0.6) is 0 Å². The van der Waals surface area contributed by atoms with Crippen LogP contribution in [0, 0.1) is 11.6 Å². The van der Waals surface area contributed by atoms with E-state index in [9.17, 15) is 23.8 Å². The molecule has 1 rings (SSSR count). The number of benzene rings is 1. The predicted molar refractivity (Wildman–Crippen MR) is 61.0 cm³/mol. The summed E-state index contributed by atoms with van der Waals surface area (Å²) < 4.78 is 26.8. The molecule has 0 aromatic heterocycles. The molecule has 4 N–H and O–H groups in total. The number of nitrogens with two attached hydrogens (primary N) is 1. The molecule has 0 bridgehead atoms. The molecule has 0 amide bonds. The van der Waals surface area contributed by atoms with E-state index in [1.807, 2.05) is 0 Å². The van der Waals surface area contributed by atoms with Crippen LogP contribution in [0.3, 0.4) is 0 Å². The van der Waals surface area contributed by atoms with Crippen LogP contribution in [0.15, 0.2) is 12.1 Å². The first kappa shape index (κ1) is 14.7. The van der Waals surface area contributed by atoms with Gasteiger partial charge in [0, 0.05) is 11.6 Å². The second-order valence-electron chi connectivity index (χ2n) is 4.00. The fraction of sp³-hybridized carbons (Fsp3) is 0.417. The molecule has 0 radical (unpaired) electrons. The van der Waals surface area contributed by atoms with Gasteiger partial charge in [-0.2, -0.15) is 0 Å². The lowest BCUT2D eigenvalue weighted by Gasteiger charge is -2.18. The SMILES string of the molecule is CC(=O)c1cc(C(O)C(O)CCN)c(F)cc1F. The van der Waals surface area contributed by atoms with Crippen LogP contribution in [0.1, 0.15) is 35.4 Å². The van der Waals surface area contributed by atoms with E-state index in [1.165, 1.54) is 0 Å². The van der Waals surface area contributed by atoms with E-state index >= 15 is 0 Å². The van der Waals surface area contributed by atoms with E-state index in [1.54, 1.807) is 0 Å². The van der Waals surface area contributed by atoms with Crippen molar-refractivity contribution in [2.24, 2.45) is 5.73 Å². The quantitative estimate of drug-likeness (QED) is 0.686. The van der Waals surface area contributed by atoms with Gasteiger partial charge < -0.3 is 15.9 Å². The Morgan fingerprint density at radius 2 is 1.94 bits per heavy atom. The molecule has 0 aliphatic heterocycles. The van der Waals surface area contributed by atoms with Crippen LogP contribution in [-0.2, 0) is 0 Å². The number of carbonyl (C=O) groups is 1. The van der Waals surface area contributed by atoms with E-state index in [0.29, 0.717) is 6.07 Å². The number of hydrogen-bond donors (Lipinski definition) is 3. The molecular formula is C12H15F2NO3. The van der Waals surface area contributed by atoms with Gasteiger partial charge in [0.1, 0.15) is 17.7 Å². The number of halogens is 2. The minimum Gasteiger partial charge on any atom is -0.390 e.